The molecule has 1 amide bonds. The van der Waals surface area contributed by atoms with Gasteiger partial charge in [-0.25, -0.2) is 0 Å². The summed E-state index contributed by atoms with van der Waals surface area (Å²) in [5.74, 6) is 0.0632. The molecule has 1 atom stereocenters. The molecule has 0 fully saturated rings. The van der Waals surface area contributed by atoms with Crippen LogP contribution < -0.4 is 5.32 Å². The summed E-state index contributed by atoms with van der Waals surface area (Å²) in [4.78, 5) is 12.4. The van der Waals surface area contributed by atoms with Crippen LogP contribution in [0.2, 0.25) is 0 Å². The molecule has 4 rings (SSSR count). The number of aryl methyl sites for hydroxylation is 1. The summed E-state index contributed by atoms with van der Waals surface area (Å²) in [6.45, 7) is 6.35. The number of amides is 1. The maximum Gasteiger partial charge on any atom is 0.416 e. The first-order chi connectivity index (χ1) is 18.4. The van der Waals surface area contributed by atoms with E-state index < -0.39 is 18.0 Å². The summed E-state index contributed by atoms with van der Waals surface area (Å²) in [6, 6.07) is 16.3. The van der Waals surface area contributed by atoms with Gasteiger partial charge in [0, 0.05) is 23.9 Å². The van der Waals surface area contributed by atoms with Crippen LogP contribution in [0.5, 0.6) is 0 Å². The zero-order valence-electron chi connectivity index (χ0n) is 22.0. The normalized spacial score (nSPS) is 12.9. The highest BCUT2D eigenvalue weighted by Gasteiger charge is 2.30. The number of halogens is 3. The third-order valence-electron chi connectivity index (χ3n) is 6.70. The lowest BCUT2D eigenvalue weighted by Gasteiger charge is -2.22. The number of nitrogens with zero attached hydrogens (tertiary/aromatic N) is 2. The molecule has 0 spiro atoms. The van der Waals surface area contributed by atoms with Crippen LogP contribution in [-0.4, -0.2) is 38.7 Å². The fraction of sp³-hybridized carbons (Fsp3) is 0.333. The Labute approximate surface area is 225 Å². The van der Waals surface area contributed by atoms with Crippen molar-refractivity contribution in [2.24, 2.45) is 5.92 Å². The molecule has 4 aromatic rings. The number of hydrogen-bond acceptors (Lipinski definition) is 4. The van der Waals surface area contributed by atoms with Gasteiger partial charge in [0.1, 0.15) is 0 Å². The number of fused-ring (bicyclic) bond motifs is 1. The van der Waals surface area contributed by atoms with E-state index in [0.717, 1.165) is 46.1 Å². The van der Waals surface area contributed by atoms with Crippen LogP contribution in [0.4, 0.5) is 13.2 Å². The van der Waals surface area contributed by atoms with E-state index in [1.165, 1.54) is 12.1 Å². The first-order valence-electron chi connectivity index (χ1n) is 12.8. The minimum atomic E-state index is -4.38. The molecular formula is C30H32F3N3O3. The number of benzene rings is 3. The van der Waals surface area contributed by atoms with Gasteiger partial charge in [-0.2, -0.15) is 18.3 Å². The van der Waals surface area contributed by atoms with Crippen LogP contribution in [0.15, 0.2) is 66.9 Å². The van der Waals surface area contributed by atoms with Gasteiger partial charge in [0.15, 0.2) is 6.29 Å². The van der Waals surface area contributed by atoms with Crippen LogP contribution in [-0.2, 0) is 6.18 Å². The minimum Gasteiger partial charge on any atom is -0.368 e. The lowest BCUT2D eigenvalue weighted by Crippen LogP contribution is -2.27. The Kier molecular flexibility index (Phi) is 8.42. The van der Waals surface area contributed by atoms with E-state index in [0.29, 0.717) is 17.0 Å². The summed E-state index contributed by atoms with van der Waals surface area (Å²) in [5, 5.41) is 26.2. The van der Waals surface area contributed by atoms with Crippen LogP contribution >= 0.6 is 0 Å². The van der Waals surface area contributed by atoms with Gasteiger partial charge < -0.3 is 15.5 Å². The molecule has 0 radical (unpaired) electrons. The smallest absolute Gasteiger partial charge is 0.368 e. The Hall–Kier alpha value is -3.69. The quantitative estimate of drug-likeness (QED) is 0.225. The molecule has 1 aromatic heterocycles. The van der Waals surface area contributed by atoms with E-state index in [-0.39, 0.29) is 24.9 Å². The first-order valence-corrected chi connectivity index (χ1v) is 12.8. The number of aliphatic hydroxyl groups is 2. The Balaban J connectivity index is 1.64. The average molecular weight is 540 g/mol. The Morgan fingerprint density at radius 3 is 2.28 bits per heavy atom. The van der Waals surface area contributed by atoms with E-state index in [1.807, 2.05) is 35.9 Å². The molecule has 0 unspecified atom stereocenters. The molecule has 3 aromatic carbocycles. The Bertz CT molecular complexity index is 1430. The highest BCUT2D eigenvalue weighted by atomic mass is 19.4. The van der Waals surface area contributed by atoms with Crippen molar-refractivity contribution in [2.75, 3.05) is 6.54 Å². The number of carbonyl (C=O) groups excluding carboxylic acids is 1. The van der Waals surface area contributed by atoms with Gasteiger partial charge in [0.2, 0.25) is 0 Å². The highest BCUT2D eigenvalue weighted by Crippen LogP contribution is 2.35. The number of aliphatic hydroxyl groups excluding tert-OH is 1. The minimum absolute atomic E-state index is 0.0483. The second kappa shape index (κ2) is 11.6. The molecule has 9 heteroatoms. The van der Waals surface area contributed by atoms with Gasteiger partial charge in [-0.3, -0.25) is 9.48 Å². The fourth-order valence-electron chi connectivity index (χ4n) is 4.69. The molecule has 3 N–H and O–H groups in total. The standard InChI is InChI=1S/C30H32F3N3O3/c1-18(2)14-26(21-4-6-22(7-5-21)29(39)34-13-12-28(37)38)36-27-15-19(3)25(16-23(27)17-35-36)20-8-10-24(11-9-20)30(31,32)33/h4-11,15-18,26,28,37-38H,12-14H2,1-3H3,(H,34,39)/t26-/m1/s1. The molecule has 206 valence electrons. The summed E-state index contributed by atoms with van der Waals surface area (Å²) < 4.78 is 41.0. The van der Waals surface area contributed by atoms with Gasteiger partial charge in [-0.15, -0.1) is 0 Å². The van der Waals surface area contributed by atoms with Crippen molar-refractivity contribution in [1.82, 2.24) is 15.1 Å². The molecule has 6 nitrogen and oxygen atoms in total. The van der Waals surface area contributed by atoms with Crippen LogP contribution in [0.3, 0.4) is 0 Å². The molecule has 0 saturated carbocycles. The molecule has 0 saturated heterocycles. The van der Waals surface area contributed by atoms with Crippen molar-refractivity contribution in [3.05, 3.63) is 89.1 Å². The number of nitrogens with one attached hydrogen (secondary N) is 1. The van der Waals surface area contributed by atoms with Crippen molar-refractivity contribution < 1.29 is 28.2 Å². The number of rotatable bonds is 9. The van der Waals surface area contributed by atoms with Crippen LogP contribution in [0, 0.1) is 12.8 Å². The summed E-state index contributed by atoms with van der Waals surface area (Å²) in [7, 11) is 0. The van der Waals surface area contributed by atoms with Gasteiger partial charge in [0.25, 0.3) is 5.91 Å². The predicted molar refractivity (Wildman–Crippen MR) is 144 cm³/mol. The summed E-state index contributed by atoms with van der Waals surface area (Å²) in [6.07, 6.45) is -3.23. The molecule has 0 aliphatic rings. The third-order valence-corrected chi connectivity index (χ3v) is 6.70. The van der Waals surface area contributed by atoms with E-state index in [9.17, 15) is 18.0 Å². The van der Waals surface area contributed by atoms with E-state index in [1.54, 1.807) is 18.3 Å². The van der Waals surface area contributed by atoms with E-state index >= 15 is 0 Å². The van der Waals surface area contributed by atoms with Gasteiger partial charge in [-0.1, -0.05) is 38.1 Å². The number of carbonyl (C=O) groups is 1. The van der Waals surface area contributed by atoms with Crippen LogP contribution in [0.1, 0.15) is 59.8 Å². The lowest BCUT2D eigenvalue weighted by molar-refractivity contribution is -0.137. The van der Waals surface area contributed by atoms with Crippen LogP contribution in [0.25, 0.3) is 22.0 Å². The third kappa shape index (κ3) is 6.66. The maximum absolute atomic E-state index is 13.0. The predicted octanol–water partition coefficient (Wildman–Crippen LogP) is 6.10. The van der Waals surface area contributed by atoms with Gasteiger partial charge >= 0.3 is 6.18 Å². The average Bonchev–Trinajstić information content (AvgIpc) is 3.28. The monoisotopic (exact) mass is 539 g/mol. The van der Waals surface area contributed by atoms with E-state index in [4.69, 9.17) is 15.3 Å². The highest BCUT2D eigenvalue weighted by molar-refractivity contribution is 5.94. The summed E-state index contributed by atoms with van der Waals surface area (Å²) >= 11 is 0. The molecule has 0 bridgehead atoms. The molecular weight excluding hydrogens is 507 g/mol. The number of hydrogen-bond donors (Lipinski definition) is 3. The fourth-order valence-corrected chi connectivity index (χ4v) is 4.69. The van der Waals surface area contributed by atoms with Crippen molar-refractivity contribution in [1.29, 1.82) is 0 Å². The van der Waals surface area contributed by atoms with Crippen molar-refractivity contribution in [3.63, 3.8) is 0 Å². The topological polar surface area (TPSA) is 87.4 Å². The van der Waals surface area contributed by atoms with Gasteiger partial charge in [-0.05, 0) is 77.9 Å². The second-order valence-corrected chi connectivity index (χ2v) is 10.2. The maximum atomic E-state index is 13.0. The van der Waals surface area contributed by atoms with Crippen molar-refractivity contribution in [2.45, 2.75) is 52.1 Å². The van der Waals surface area contributed by atoms with Gasteiger partial charge in [0.05, 0.1) is 23.3 Å². The Morgan fingerprint density at radius 1 is 1.03 bits per heavy atom. The Morgan fingerprint density at radius 2 is 1.69 bits per heavy atom. The second-order valence-electron chi connectivity index (χ2n) is 10.2. The largest absolute Gasteiger partial charge is 0.416 e. The molecule has 0 aliphatic carbocycles. The molecule has 39 heavy (non-hydrogen) atoms. The summed E-state index contributed by atoms with van der Waals surface area (Å²) in [5.41, 5.74) is 4.17. The lowest BCUT2D eigenvalue weighted by atomic mass is 9.95. The van der Waals surface area contributed by atoms with Crippen molar-refractivity contribution >= 4 is 16.8 Å². The molecule has 1 heterocycles. The first kappa shape index (κ1) is 28.3. The number of aromatic nitrogens is 2. The SMILES string of the molecule is Cc1cc2c(cnn2[C@H](CC(C)C)c2ccc(C(=O)NCCC(O)O)cc2)cc1-c1ccc(C(F)(F)F)cc1. The number of alkyl halides is 3. The van der Waals surface area contributed by atoms with E-state index in [2.05, 4.69) is 19.2 Å². The molecule has 0 aliphatic heterocycles. The zero-order chi connectivity index (χ0) is 28.3. The zero-order valence-corrected chi connectivity index (χ0v) is 22.0. The van der Waals surface area contributed by atoms with Crippen molar-refractivity contribution in [3.8, 4) is 11.1 Å².